The number of hydrogen-bond donors (Lipinski definition) is 1. The minimum Gasteiger partial charge on any atom is -0.489 e. The summed E-state index contributed by atoms with van der Waals surface area (Å²) in [6, 6.07) is 11.9. The Morgan fingerprint density at radius 3 is 2.42 bits per heavy atom. The molecule has 0 amide bonds. The molecule has 0 bridgehead atoms. The Morgan fingerprint density at radius 2 is 1.74 bits per heavy atom. The maximum absolute atomic E-state index is 13.9. The van der Waals surface area contributed by atoms with E-state index >= 15 is 0 Å². The molecule has 2 heterocycles. The number of carbonyl (C=O) groups is 1. The average molecular weight is 599 g/mol. The fraction of sp³-hybridized carbons (Fsp3) is 0.583. The molecule has 1 atom stereocenters. The van der Waals surface area contributed by atoms with Gasteiger partial charge in [0.1, 0.15) is 23.6 Å². The number of ether oxygens (including phenoxy) is 1. The van der Waals surface area contributed by atoms with Crippen LogP contribution in [0.3, 0.4) is 0 Å². The van der Waals surface area contributed by atoms with Crippen molar-refractivity contribution >= 4 is 17.4 Å². The molecule has 2 saturated carbocycles. The highest BCUT2D eigenvalue weighted by Crippen LogP contribution is 2.64. The van der Waals surface area contributed by atoms with Crippen LogP contribution < -0.4 is 10.1 Å². The van der Waals surface area contributed by atoms with Gasteiger partial charge in [-0.1, -0.05) is 45.2 Å². The Bertz CT molecular complexity index is 1470. The first-order valence-electron chi connectivity index (χ1n) is 16.0. The Balaban J connectivity index is 1.10. The summed E-state index contributed by atoms with van der Waals surface area (Å²) < 4.78 is 6.48. The molecule has 4 aliphatic rings. The molecule has 6 nitrogen and oxygen atoms in total. The van der Waals surface area contributed by atoms with E-state index in [0.717, 1.165) is 68.8 Å². The lowest BCUT2D eigenvalue weighted by Crippen LogP contribution is -2.69. The van der Waals surface area contributed by atoms with Crippen LogP contribution in [0.25, 0.3) is 0 Å². The SMILES string of the molecule is CC1(C)C(Oc2ccc(C#N)c(Cl)c2)C(C)(C)C1C1CCc2nc(C#CC3CCC(N4CCNCC4)CC3)ccc2C1=O. The van der Waals surface area contributed by atoms with Crippen LogP contribution in [0.2, 0.25) is 5.02 Å². The molecule has 0 spiro atoms. The van der Waals surface area contributed by atoms with Gasteiger partial charge in [0.05, 0.1) is 16.3 Å². The Morgan fingerprint density at radius 1 is 1.02 bits per heavy atom. The van der Waals surface area contributed by atoms with Gasteiger partial charge in [-0.3, -0.25) is 9.69 Å². The standard InChI is InChI=1S/C36H43ClN4O2/c1-35(2)33(36(3,4)34(35)43-27-13-8-24(22-38)30(37)21-27)29-15-16-31-28(32(29)42)14-10-25(40-31)9-5-23-6-11-26(12-7-23)41-19-17-39-18-20-41/h8,10,13-14,21,23,26,29,33-34,39H,6-7,11-12,15-20H2,1-4H3. The van der Waals surface area contributed by atoms with Gasteiger partial charge in [-0.05, 0) is 74.6 Å². The van der Waals surface area contributed by atoms with Crippen LogP contribution in [0.1, 0.15) is 87.1 Å². The van der Waals surface area contributed by atoms with E-state index in [1.807, 2.05) is 12.1 Å². The molecule has 1 N–H and O–H groups in total. The third kappa shape index (κ3) is 5.71. The Kier molecular flexibility index (Phi) is 8.33. The summed E-state index contributed by atoms with van der Waals surface area (Å²) >= 11 is 6.27. The number of carbonyl (C=O) groups excluding carboxylic acids is 1. The van der Waals surface area contributed by atoms with Crippen LogP contribution in [0, 0.1) is 51.8 Å². The van der Waals surface area contributed by atoms with E-state index in [0.29, 0.717) is 28.3 Å². The molecule has 1 aromatic heterocycles. The predicted octanol–water partition coefficient (Wildman–Crippen LogP) is 6.30. The highest BCUT2D eigenvalue weighted by Gasteiger charge is 2.66. The molecule has 43 heavy (non-hydrogen) atoms. The van der Waals surface area contributed by atoms with Crippen molar-refractivity contribution in [2.24, 2.45) is 28.6 Å². The van der Waals surface area contributed by atoms with Crippen molar-refractivity contribution in [3.8, 4) is 23.7 Å². The molecule has 0 radical (unpaired) electrons. The molecule has 1 unspecified atom stereocenters. The first-order valence-corrected chi connectivity index (χ1v) is 16.3. The highest BCUT2D eigenvalue weighted by molar-refractivity contribution is 6.31. The molecule has 1 saturated heterocycles. The van der Waals surface area contributed by atoms with Crippen molar-refractivity contribution in [2.45, 2.75) is 78.4 Å². The van der Waals surface area contributed by atoms with Crippen molar-refractivity contribution in [1.29, 1.82) is 5.26 Å². The summed E-state index contributed by atoms with van der Waals surface area (Å²) in [7, 11) is 0. The predicted molar refractivity (Wildman–Crippen MR) is 169 cm³/mol. The van der Waals surface area contributed by atoms with Crippen LogP contribution in [0.15, 0.2) is 30.3 Å². The van der Waals surface area contributed by atoms with E-state index in [4.69, 9.17) is 21.3 Å². The number of fused-ring (bicyclic) bond motifs is 1. The van der Waals surface area contributed by atoms with Crippen molar-refractivity contribution in [3.63, 3.8) is 0 Å². The second-order valence-electron chi connectivity index (χ2n) is 14.1. The molecule has 1 aliphatic heterocycles. The Hall–Kier alpha value is -2.90. The molecule has 226 valence electrons. The number of aromatic nitrogens is 1. The summed E-state index contributed by atoms with van der Waals surface area (Å²) in [4.78, 5) is 21.4. The number of benzene rings is 1. The lowest BCUT2D eigenvalue weighted by molar-refractivity contribution is -0.213. The molecule has 7 heteroatoms. The highest BCUT2D eigenvalue weighted by atomic mass is 35.5. The number of Topliss-reactive ketones (excluding diaryl/α,β-unsaturated/α-hetero) is 1. The minimum atomic E-state index is -0.218. The number of nitriles is 1. The summed E-state index contributed by atoms with van der Waals surface area (Å²) in [5, 5.41) is 13.1. The molecule has 2 aromatic rings. The maximum atomic E-state index is 13.9. The molecule has 3 fully saturated rings. The molecule has 6 rings (SSSR count). The van der Waals surface area contributed by atoms with Gasteiger partial charge in [0, 0.05) is 66.5 Å². The zero-order valence-electron chi connectivity index (χ0n) is 25.9. The topological polar surface area (TPSA) is 78.2 Å². The first-order chi connectivity index (χ1) is 20.6. The van der Waals surface area contributed by atoms with Crippen molar-refractivity contribution in [1.82, 2.24) is 15.2 Å². The van der Waals surface area contributed by atoms with E-state index in [1.165, 1.54) is 12.8 Å². The average Bonchev–Trinajstić information content (AvgIpc) is 3.00. The van der Waals surface area contributed by atoms with E-state index in [2.05, 4.69) is 55.8 Å². The fourth-order valence-electron chi connectivity index (χ4n) is 9.02. The quantitative estimate of drug-likeness (QED) is 0.416. The van der Waals surface area contributed by atoms with Gasteiger partial charge in [-0.2, -0.15) is 5.26 Å². The molecular formula is C36H43ClN4O2. The number of rotatable bonds is 4. The zero-order chi connectivity index (χ0) is 30.4. The number of ketones is 1. The monoisotopic (exact) mass is 598 g/mol. The van der Waals surface area contributed by atoms with Gasteiger partial charge in [-0.15, -0.1) is 0 Å². The van der Waals surface area contributed by atoms with Crippen LogP contribution in [-0.2, 0) is 6.42 Å². The largest absolute Gasteiger partial charge is 0.489 e. The van der Waals surface area contributed by atoms with Crippen molar-refractivity contribution < 1.29 is 9.53 Å². The second kappa shape index (κ2) is 11.9. The van der Waals surface area contributed by atoms with Crippen LogP contribution in [0.4, 0.5) is 0 Å². The summed E-state index contributed by atoms with van der Waals surface area (Å²) in [6.07, 6.45) is 6.26. The van der Waals surface area contributed by atoms with Crippen LogP contribution >= 0.6 is 11.6 Å². The molecule has 1 aromatic carbocycles. The maximum Gasteiger partial charge on any atom is 0.168 e. The summed E-state index contributed by atoms with van der Waals surface area (Å²) in [5.41, 5.74) is 2.43. The second-order valence-corrected chi connectivity index (χ2v) is 14.5. The number of piperazine rings is 1. The normalized spacial score (nSPS) is 29.8. The number of nitrogens with one attached hydrogen (secondary N) is 1. The number of aryl methyl sites for hydroxylation is 1. The van der Waals surface area contributed by atoms with E-state index in [1.54, 1.807) is 18.2 Å². The third-order valence-electron chi connectivity index (χ3n) is 10.7. The van der Waals surface area contributed by atoms with E-state index in [-0.39, 0.29) is 34.6 Å². The molecular weight excluding hydrogens is 556 g/mol. The number of pyridine rings is 1. The van der Waals surface area contributed by atoms with Crippen LogP contribution in [-0.4, -0.2) is 54.0 Å². The fourth-order valence-corrected chi connectivity index (χ4v) is 9.23. The van der Waals surface area contributed by atoms with Crippen LogP contribution in [0.5, 0.6) is 5.75 Å². The van der Waals surface area contributed by atoms with Gasteiger partial charge < -0.3 is 10.1 Å². The van der Waals surface area contributed by atoms with Gasteiger partial charge in [0.15, 0.2) is 5.78 Å². The van der Waals surface area contributed by atoms with Crippen molar-refractivity contribution in [2.75, 3.05) is 26.2 Å². The van der Waals surface area contributed by atoms with Gasteiger partial charge in [0.2, 0.25) is 0 Å². The number of halogens is 1. The summed E-state index contributed by atoms with van der Waals surface area (Å²) in [5.74, 6) is 8.24. The number of hydrogen-bond acceptors (Lipinski definition) is 6. The molecule has 3 aliphatic carbocycles. The Labute approximate surface area is 261 Å². The third-order valence-corrected chi connectivity index (χ3v) is 11.0. The summed E-state index contributed by atoms with van der Waals surface area (Å²) in [6.45, 7) is 13.4. The lowest BCUT2D eigenvalue weighted by atomic mass is 9.41. The van der Waals surface area contributed by atoms with E-state index in [9.17, 15) is 10.1 Å². The lowest BCUT2D eigenvalue weighted by Gasteiger charge is -2.65. The minimum absolute atomic E-state index is 0.0773. The van der Waals surface area contributed by atoms with E-state index < -0.39 is 0 Å². The smallest absolute Gasteiger partial charge is 0.168 e. The van der Waals surface area contributed by atoms with Crippen molar-refractivity contribution in [3.05, 3.63) is 57.9 Å². The number of nitrogens with zero attached hydrogens (tertiary/aromatic N) is 3. The van der Waals surface area contributed by atoms with Gasteiger partial charge >= 0.3 is 0 Å². The first kappa shape index (κ1) is 30.1. The van der Waals surface area contributed by atoms with Gasteiger partial charge in [-0.25, -0.2) is 4.98 Å². The zero-order valence-corrected chi connectivity index (χ0v) is 26.6. The van der Waals surface area contributed by atoms with Gasteiger partial charge in [0.25, 0.3) is 0 Å².